The van der Waals surface area contributed by atoms with E-state index in [1.165, 1.54) is 0 Å². The van der Waals surface area contributed by atoms with Crippen molar-refractivity contribution in [3.63, 3.8) is 0 Å². The van der Waals surface area contributed by atoms with Crippen molar-refractivity contribution in [3.05, 3.63) is 28.8 Å². The van der Waals surface area contributed by atoms with Crippen LogP contribution in [0.3, 0.4) is 0 Å². The van der Waals surface area contributed by atoms with Gasteiger partial charge in [-0.05, 0) is 54.8 Å². The largest absolute Gasteiger partial charge is 0.496 e. The second kappa shape index (κ2) is 5.42. The summed E-state index contributed by atoms with van der Waals surface area (Å²) in [5, 5.41) is 9.84. The Morgan fingerprint density at radius 1 is 1.33 bits per heavy atom. The zero-order valence-electron chi connectivity index (χ0n) is 9.45. The van der Waals surface area contributed by atoms with E-state index in [4.69, 9.17) is 4.74 Å². The molecule has 1 aromatic carbocycles. The second-order valence-electron chi connectivity index (χ2n) is 3.72. The van der Waals surface area contributed by atoms with Gasteiger partial charge >= 0.3 is 0 Å². The second-order valence-corrected chi connectivity index (χ2v) is 4.16. The van der Waals surface area contributed by atoms with Crippen molar-refractivity contribution in [2.75, 3.05) is 12.9 Å². The van der Waals surface area contributed by atoms with Gasteiger partial charge in [-0.15, -0.1) is 0 Å². The van der Waals surface area contributed by atoms with E-state index in [2.05, 4.69) is 12.6 Å². The Morgan fingerprint density at radius 2 is 1.87 bits per heavy atom. The highest BCUT2D eigenvalue weighted by molar-refractivity contribution is 7.80. The highest BCUT2D eigenvalue weighted by atomic mass is 32.1. The zero-order valence-corrected chi connectivity index (χ0v) is 10.3. The first kappa shape index (κ1) is 12.4. The van der Waals surface area contributed by atoms with Gasteiger partial charge in [0.25, 0.3) is 0 Å². The Hall–Kier alpha value is -0.670. The number of ether oxygens (including phenoxy) is 1. The van der Waals surface area contributed by atoms with Crippen LogP contribution in [0.2, 0.25) is 0 Å². The zero-order chi connectivity index (χ0) is 11.4. The number of aryl methyl sites for hydroxylation is 2. The molecule has 0 radical (unpaired) electrons. The molecule has 3 heteroatoms. The topological polar surface area (TPSA) is 29.5 Å². The Bertz CT molecular complexity index is 313. The lowest BCUT2D eigenvalue weighted by atomic mass is 10.0. The number of benzene rings is 1. The number of hydrogen-bond acceptors (Lipinski definition) is 3. The van der Waals surface area contributed by atoms with Gasteiger partial charge in [-0.2, -0.15) is 12.6 Å². The van der Waals surface area contributed by atoms with Gasteiger partial charge in [0.05, 0.1) is 13.2 Å². The first-order valence-electron chi connectivity index (χ1n) is 5.04. The molecule has 0 bridgehead atoms. The van der Waals surface area contributed by atoms with Crippen molar-refractivity contribution in [1.82, 2.24) is 0 Å². The van der Waals surface area contributed by atoms with Crippen molar-refractivity contribution in [2.24, 2.45) is 0 Å². The molecule has 0 saturated heterocycles. The molecule has 1 N–H and O–H groups in total. The van der Waals surface area contributed by atoms with Crippen molar-refractivity contribution in [3.8, 4) is 5.75 Å². The lowest BCUT2D eigenvalue weighted by Crippen LogP contribution is -2.01. The lowest BCUT2D eigenvalue weighted by molar-refractivity contribution is 0.175. The molecule has 0 heterocycles. The van der Waals surface area contributed by atoms with Crippen LogP contribution in [0.15, 0.2) is 12.1 Å². The molecular weight excluding hydrogens is 208 g/mol. The van der Waals surface area contributed by atoms with E-state index in [9.17, 15) is 5.11 Å². The minimum Gasteiger partial charge on any atom is -0.496 e. The first-order chi connectivity index (χ1) is 7.10. The third-order valence-corrected chi connectivity index (χ3v) is 2.73. The summed E-state index contributed by atoms with van der Waals surface area (Å²) < 4.78 is 5.27. The molecule has 0 amide bonds. The van der Waals surface area contributed by atoms with Gasteiger partial charge in [-0.25, -0.2) is 0 Å². The number of rotatable bonds is 4. The van der Waals surface area contributed by atoms with E-state index in [0.29, 0.717) is 12.2 Å². The maximum Gasteiger partial charge on any atom is 0.124 e. The molecule has 15 heavy (non-hydrogen) atoms. The van der Waals surface area contributed by atoms with Gasteiger partial charge in [0.2, 0.25) is 0 Å². The summed E-state index contributed by atoms with van der Waals surface area (Å²) in [4.78, 5) is 0. The van der Waals surface area contributed by atoms with E-state index >= 15 is 0 Å². The third-order valence-electron chi connectivity index (χ3n) is 2.47. The predicted molar refractivity (Wildman–Crippen MR) is 65.9 cm³/mol. The van der Waals surface area contributed by atoms with Crippen LogP contribution in [0, 0.1) is 13.8 Å². The molecule has 0 aliphatic rings. The van der Waals surface area contributed by atoms with Gasteiger partial charge in [0, 0.05) is 0 Å². The van der Waals surface area contributed by atoms with Crippen LogP contribution in [-0.4, -0.2) is 18.0 Å². The average Bonchev–Trinajstić information content (AvgIpc) is 2.17. The van der Waals surface area contributed by atoms with E-state index in [-0.39, 0.29) is 0 Å². The van der Waals surface area contributed by atoms with Crippen molar-refractivity contribution in [1.29, 1.82) is 0 Å². The van der Waals surface area contributed by atoms with Gasteiger partial charge in [-0.3, -0.25) is 0 Å². The molecule has 0 spiro atoms. The molecule has 0 aromatic heterocycles. The van der Waals surface area contributed by atoms with Crippen molar-refractivity contribution < 1.29 is 9.84 Å². The SMILES string of the molecule is COc1c(C)cc(C(O)CCS)cc1C. The van der Waals surface area contributed by atoms with Crippen molar-refractivity contribution in [2.45, 2.75) is 26.4 Å². The molecule has 1 aromatic rings. The maximum absolute atomic E-state index is 9.84. The molecule has 0 fully saturated rings. The Labute approximate surface area is 96.7 Å². The summed E-state index contributed by atoms with van der Waals surface area (Å²) in [6.45, 7) is 3.98. The molecule has 2 nitrogen and oxygen atoms in total. The molecular formula is C12H18O2S. The average molecular weight is 226 g/mol. The van der Waals surface area contributed by atoms with Crippen LogP contribution >= 0.6 is 12.6 Å². The van der Waals surface area contributed by atoms with E-state index < -0.39 is 6.10 Å². The van der Waals surface area contributed by atoms with Crippen LogP contribution in [0.4, 0.5) is 0 Å². The summed E-state index contributed by atoms with van der Waals surface area (Å²) in [6.07, 6.45) is 0.250. The summed E-state index contributed by atoms with van der Waals surface area (Å²) in [7, 11) is 1.67. The summed E-state index contributed by atoms with van der Waals surface area (Å²) in [6, 6.07) is 3.94. The Balaban J connectivity index is 3.02. The van der Waals surface area contributed by atoms with Crippen LogP contribution in [0.25, 0.3) is 0 Å². The van der Waals surface area contributed by atoms with Gasteiger partial charge in [0.1, 0.15) is 5.75 Å². The number of aliphatic hydroxyl groups is 1. The molecule has 0 aliphatic carbocycles. The molecule has 0 aliphatic heterocycles. The van der Waals surface area contributed by atoms with Crippen LogP contribution in [0.5, 0.6) is 5.75 Å². The minimum absolute atomic E-state index is 0.425. The van der Waals surface area contributed by atoms with Gasteiger partial charge < -0.3 is 9.84 Å². The fourth-order valence-corrected chi connectivity index (χ4v) is 2.03. The Kier molecular flexibility index (Phi) is 4.48. The summed E-state index contributed by atoms with van der Waals surface area (Å²) in [5.41, 5.74) is 3.07. The molecule has 1 atom stereocenters. The first-order valence-corrected chi connectivity index (χ1v) is 5.67. The summed E-state index contributed by atoms with van der Waals surface area (Å²) >= 11 is 4.12. The monoisotopic (exact) mass is 226 g/mol. The standard InChI is InChI=1S/C12H18O2S/c1-8-6-10(11(13)4-5-15)7-9(2)12(8)14-3/h6-7,11,13,15H,4-5H2,1-3H3. The molecule has 1 unspecified atom stereocenters. The predicted octanol–water partition coefficient (Wildman–Crippen LogP) is 2.67. The quantitative estimate of drug-likeness (QED) is 0.773. The highest BCUT2D eigenvalue weighted by Gasteiger charge is 2.11. The van der Waals surface area contributed by atoms with E-state index in [0.717, 1.165) is 22.4 Å². The third kappa shape index (κ3) is 2.89. The molecule has 0 saturated carbocycles. The normalized spacial score (nSPS) is 12.6. The fraction of sp³-hybridized carbons (Fsp3) is 0.500. The van der Waals surface area contributed by atoms with Crippen LogP contribution in [-0.2, 0) is 0 Å². The maximum atomic E-state index is 9.84. The number of methoxy groups -OCH3 is 1. The van der Waals surface area contributed by atoms with E-state index in [1.54, 1.807) is 7.11 Å². The molecule has 1 rings (SSSR count). The van der Waals surface area contributed by atoms with E-state index in [1.807, 2.05) is 26.0 Å². The van der Waals surface area contributed by atoms with Crippen molar-refractivity contribution >= 4 is 12.6 Å². The van der Waals surface area contributed by atoms with Gasteiger partial charge in [-0.1, -0.05) is 0 Å². The Morgan fingerprint density at radius 3 is 2.27 bits per heavy atom. The van der Waals surface area contributed by atoms with Crippen LogP contribution in [0.1, 0.15) is 29.2 Å². The van der Waals surface area contributed by atoms with Crippen LogP contribution < -0.4 is 4.74 Å². The van der Waals surface area contributed by atoms with Gasteiger partial charge in [0.15, 0.2) is 0 Å². The lowest BCUT2D eigenvalue weighted by Gasteiger charge is -2.14. The smallest absolute Gasteiger partial charge is 0.124 e. The number of aliphatic hydroxyl groups excluding tert-OH is 1. The highest BCUT2D eigenvalue weighted by Crippen LogP contribution is 2.28. The minimum atomic E-state index is -0.425. The summed E-state index contributed by atoms with van der Waals surface area (Å²) in [5.74, 6) is 1.59. The fourth-order valence-electron chi connectivity index (χ4n) is 1.79. The number of thiol groups is 1. The number of hydrogen-bond donors (Lipinski definition) is 2. The molecule has 84 valence electrons.